The number of anilines is 1. The van der Waals surface area contributed by atoms with Gasteiger partial charge >= 0.3 is 0 Å². The number of para-hydroxylation sites is 1. The summed E-state index contributed by atoms with van der Waals surface area (Å²) in [5.74, 6) is 0.881. The lowest BCUT2D eigenvalue weighted by atomic mass is 10.1. The van der Waals surface area contributed by atoms with E-state index < -0.39 is 10.0 Å². The Hall–Kier alpha value is -2.54. The molecule has 1 saturated heterocycles. The lowest BCUT2D eigenvalue weighted by molar-refractivity contribution is 0.0953. The number of methoxy groups -OCH3 is 1. The van der Waals surface area contributed by atoms with Crippen LogP contribution in [-0.2, 0) is 16.4 Å². The largest absolute Gasteiger partial charge is 0.496 e. The van der Waals surface area contributed by atoms with Crippen LogP contribution < -0.4 is 14.4 Å². The maximum absolute atomic E-state index is 12.3. The highest BCUT2D eigenvalue weighted by molar-refractivity contribution is 7.92. The number of nitrogens with zero attached hydrogens (tertiary/aromatic N) is 1. The number of hydrogen-bond donors (Lipinski definition) is 1. The van der Waals surface area contributed by atoms with Crippen LogP contribution >= 0.6 is 0 Å². The fourth-order valence-corrected chi connectivity index (χ4v) is 4.99. The van der Waals surface area contributed by atoms with Crippen LogP contribution in [0.1, 0.15) is 35.2 Å². The molecule has 0 spiro atoms. The normalized spacial score (nSPS) is 15.8. The molecule has 1 aliphatic heterocycles. The van der Waals surface area contributed by atoms with Crippen LogP contribution in [0.4, 0.5) is 5.69 Å². The van der Waals surface area contributed by atoms with E-state index in [0.717, 1.165) is 30.6 Å². The highest BCUT2D eigenvalue weighted by Crippen LogP contribution is 2.24. The van der Waals surface area contributed by atoms with Gasteiger partial charge in [0, 0.05) is 18.7 Å². The van der Waals surface area contributed by atoms with Gasteiger partial charge in [-0.3, -0.25) is 9.10 Å². The lowest BCUT2D eigenvalue weighted by Gasteiger charge is -2.28. The SMILES string of the molecule is COc1ccccc1CCCNC(=O)c1ccc(N2CCCCS2(=O)=O)cc1. The van der Waals surface area contributed by atoms with E-state index in [9.17, 15) is 13.2 Å². The molecular formula is C21H26N2O4S. The molecule has 0 unspecified atom stereocenters. The number of carbonyl (C=O) groups is 1. The first-order chi connectivity index (χ1) is 13.5. The van der Waals surface area contributed by atoms with Crippen LogP contribution in [-0.4, -0.2) is 40.3 Å². The molecular weight excluding hydrogens is 376 g/mol. The number of rotatable bonds is 7. The molecule has 28 heavy (non-hydrogen) atoms. The molecule has 2 aromatic carbocycles. The zero-order chi connectivity index (χ0) is 20.0. The van der Waals surface area contributed by atoms with E-state index in [1.54, 1.807) is 31.4 Å². The summed E-state index contributed by atoms with van der Waals surface area (Å²) in [6.07, 6.45) is 3.17. The van der Waals surface area contributed by atoms with Crippen LogP contribution in [0, 0.1) is 0 Å². The molecule has 0 atom stereocenters. The van der Waals surface area contributed by atoms with Gasteiger partial charge < -0.3 is 10.1 Å². The predicted octanol–water partition coefficient (Wildman–Crippen LogP) is 2.99. The Bertz CT molecular complexity index is 910. The zero-order valence-corrected chi connectivity index (χ0v) is 16.9. The molecule has 0 aromatic heterocycles. The van der Waals surface area contributed by atoms with Gasteiger partial charge in [0.2, 0.25) is 10.0 Å². The van der Waals surface area contributed by atoms with Gasteiger partial charge in [0.1, 0.15) is 5.75 Å². The number of hydrogen-bond acceptors (Lipinski definition) is 4. The number of ether oxygens (including phenoxy) is 1. The second-order valence-corrected chi connectivity index (χ2v) is 8.83. The molecule has 3 rings (SSSR count). The summed E-state index contributed by atoms with van der Waals surface area (Å²) in [6.45, 7) is 1.05. The van der Waals surface area contributed by atoms with Crippen molar-refractivity contribution in [3.8, 4) is 5.75 Å². The minimum Gasteiger partial charge on any atom is -0.496 e. The number of benzene rings is 2. The number of sulfonamides is 1. The van der Waals surface area contributed by atoms with Gasteiger partial charge in [0.05, 0.1) is 18.6 Å². The molecule has 0 aliphatic carbocycles. The maximum Gasteiger partial charge on any atom is 0.251 e. The Labute approximate surface area is 166 Å². The van der Waals surface area contributed by atoms with Gasteiger partial charge in [0.15, 0.2) is 0 Å². The van der Waals surface area contributed by atoms with Crippen LogP contribution in [0.3, 0.4) is 0 Å². The molecule has 1 amide bonds. The Morgan fingerprint density at radius 1 is 1.11 bits per heavy atom. The summed E-state index contributed by atoms with van der Waals surface area (Å²) >= 11 is 0. The summed E-state index contributed by atoms with van der Waals surface area (Å²) in [6, 6.07) is 14.6. The van der Waals surface area contributed by atoms with E-state index in [-0.39, 0.29) is 11.7 Å². The summed E-state index contributed by atoms with van der Waals surface area (Å²) in [5, 5.41) is 2.91. The summed E-state index contributed by atoms with van der Waals surface area (Å²) < 4.78 is 31.1. The van der Waals surface area contributed by atoms with Gasteiger partial charge in [-0.25, -0.2) is 8.42 Å². The van der Waals surface area contributed by atoms with Crippen LogP contribution in [0.5, 0.6) is 5.75 Å². The third kappa shape index (κ3) is 4.84. The fraction of sp³-hybridized carbons (Fsp3) is 0.381. The van der Waals surface area contributed by atoms with Crippen LogP contribution in [0.25, 0.3) is 0 Å². The Kier molecular flexibility index (Phi) is 6.57. The summed E-state index contributed by atoms with van der Waals surface area (Å²) in [5.41, 5.74) is 2.26. The number of amides is 1. The number of nitrogens with one attached hydrogen (secondary N) is 1. The first kappa shape index (κ1) is 20.2. The van der Waals surface area contributed by atoms with Crippen molar-refractivity contribution in [2.75, 3.05) is 30.3 Å². The van der Waals surface area contributed by atoms with Gasteiger partial charge in [-0.15, -0.1) is 0 Å². The molecule has 7 heteroatoms. The van der Waals surface area contributed by atoms with Crippen molar-refractivity contribution in [3.05, 3.63) is 59.7 Å². The van der Waals surface area contributed by atoms with Gasteiger partial charge in [-0.1, -0.05) is 18.2 Å². The molecule has 0 radical (unpaired) electrons. The molecule has 1 aliphatic rings. The molecule has 6 nitrogen and oxygen atoms in total. The van der Waals surface area contributed by atoms with Crippen LogP contribution in [0.2, 0.25) is 0 Å². The van der Waals surface area contributed by atoms with E-state index in [1.165, 1.54) is 4.31 Å². The topological polar surface area (TPSA) is 75.7 Å². The van der Waals surface area contributed by atoms with Gasteiger partial charge in [-0.2, -0.15) is 0 Å². The van der Waals surface area contributed by atoms with E-state index in [1.807, 2.05) is 24.3 Å². The van der Waals surface area contributed by atoms with E-state index in [0.29, 0.717) is 30.8 Å². The molecule has 1 heterocycles. The highest BCUT2D eigenvalue weighted by Gasteiger charge is 2.25. The average molecular weight is 403 g/mol. The Balaban J connectivity index is 1.52. The monoisotopic (exact) mass is 402 g/mol. The maximum atomic E-state index is 12.3. The second kappa shape index (κ2) is 9.10. The van der Waals surface area contributed by atoms with E-state index >= 15 is 0 Å². The molecule has 1 N–H and O–H groups in total. The number of carbonyl (C=O) groups excluding carboxylic acids is 1. The van der Waals surface area contributed by atoms with Crippen LogP contribution in [0.15, 0.2) is 48.5 Å². The highest BCUT2D eigenvalue weighted by atomic mass is 32.2. The predicted molar refractivity (Wildman–Crippen MR) is 110 cm³/mol. The quantitative estimate of drug-likeness (QED) is 0.723. The first-order valence-electron chi connectivity index (χ1n) is 9.52. The first-order valence-corrected chi connectivity index (χ1v) is 11.1. The lowest BCUT2D eigenvalue weighted by Crippen LogP contribution is -2.37. The molecule has 150 valence electrons. The Morgan fingerprint density at radius 2 is 1.86 bits per heavy atom. The smallest absolute Gasteiger partial charge is 0.251 e. The van der Waals surface area contributed by atoms with Crippen molar-refractivity contribution in [2.45, 2.75) is 25.7 Å². The van der Waals surface area contributed by atoms with Crippen molar-refractivity contribution in [2.24, 2.45) is 0 Å². The van der Waals surface area contributed by atoms with E-state index in [2.05, 4.69) is 5.32 Å². The average Bonchev–Trinajstić information content (AvgIpc) is 2.71. The van der Waals surface area contributed by atoms with Crippen molar-refractivity contribution in [1.82, 2.24) is 5.32 Å². The molecule has 0 bridgehead atoms. The minimum atomic E-state index is -3.24. The van der Waals surface area contributed by atoms with Crippen molar-refractivity contribution in [1.29, 1.82) is 0 Å². The second-order valence-electron chi connectivity index (χ2n) is 6.81. The standard InChI is InChI=1S/C21H26N2O4S/c1-27-20-9-3-2-7-17(20)8-6-14-22-21(24)18-10-12-19(13-11-18)23-15-4-5-16-28(23,25)26/h2-3,7,9-13H,4-6,8,14-16H2,1H3,(H,22,24). The third-order valence-electron chi connectivity index (χ3n) is 4.87. The van der Waals surface area contributed by atoms with Gasteiger partial charge in [0.25, 0.3) is 5.91 Å². The Morgan fingerprint density at radius 3 is 2.57 bits per heavy atom. The molecule has 2 aromatic rings. The minimum absolute atomic E-state index is 0.159. The fourth-order valence-electron chi connectivity index (χ4n) is 3.35. The van der Waals surface area contributed by atoms with E-state index in [4.69, 9.17) is 4.74 Å². The summed E-state index contributed by atoms with van der Waals surface area (Å²) in [7, 11) is -1.58. The van der Waals surface area contributed by atoms with Crippen molar-refractivity contribution < 1.29 is 17.9 Å². The van der Waals surface area contributed by atoms with Crippen molar-refractivity contribution in [3.63, 3.8) is 0 Å². The third-order valence-corrected chi connectivity index (χ3v) is 6.74. The summed E-state index contributed by atoms with van der Waals surface area (Å²) in [4.78, 5) is 12.3. The number of aryl methyl sites for hydroxylation is 1. The van der Waals surface area contributed by atoms with Crippen molar-refractivity contribution >= 4 is 21.6 Å². The zero-order valence-electron chi connectivity index (χ0n) is 16.1. The molecule has 0 saturated carbocycles. The van der Waals surface area contributed by atoms with Gasteiger partial charge in [-0.05, 0) is 61.6 Å². The molecule has 1 fully saturated rings.